The zero-order valence-corrected chi connectivity index (χ0v) is 16.8. The molecule has 0 saturated heterocycles. The molecule has 1 heterocycles. The second-order valence-electron chi connectivity index (χ2n) is 6.90. The fraction of sp³-hybridized carbons (Fsp3) is 0.273. The Hall–Kier alpha value is -3.68. The first kappa shape index (κ1) is 21.0. The Kier molecular flexibility index (Phi) is 6.46. The summed E-state index contributed by atoms with van der Waals surface area (Å²) < 4.78 is 5.32. The smallest absolute Gasteiger partial charge is 0.339 e. The molecule has 2 N–H and O–H groups in total. The van der Waals surface area contributed by atoms with Crippen LogP contribution in [0.25, 0.3) is 0 Å². The van der Waals surface area contributed by atoms with Crippen LogP contribution in [-0.2, 0) is 19.1 Å². The number of nitrogens with zero attached hydrogens (tertiary/aromatic N) is 1. The van der Waals surface area contributed by atoms with Crippen molar-refractivity contribution in [1.29, 1.82) is 0 Å². The van der Waals surface area contributed by atoms with Crippen LogP contribution < -0.4 is 10.6 Å². The lowest BCUT2D eigenvalue weighted by Crippen LogP contribution is -2.38. The molecule has 3 amide bonds. The molecule has 0 bridgehead atoms. The van der Waals surface area contributed by atoms with E-state index in [1.54, 1.807) is 55.5 Å². The van der Waals surface area contributed by atoms with Gasteiger partial charge >= 0.3 is 5.97 Å². The van der Waals surface area contributed by atoms with Crippen molar-refractivity contribution < 1.29 is 23.9 Å². The number of hydrogen-bond donors (Lipinski definition) is 2. The maximum atomic E-state index is 12.7. The van der Waals surface area contributed by atoms with Gasteiger partial charge in [-0.3, -0.25) is 14.4 Å². The number of nitrogens with one attached hydrogen (secondary N) is 2. The van der Waals surface area contributed by atoms with Gasteiger partial charge in [-0.15, -0.1) is 0 Å². The number of anilines is 2. The van der Waals surface area contributed by atoms with Gasteiger partial charge in [0, 0.05) is 30.4 Å². The SMILES string of the molecule is CCN(CC(=O)Nc1ccc(NC(C)=O)cc1)C(=O)C[C@H]1OC(=O)c2ccccc21. The van der Waals surface area contributed by atoms with E-state index in [9.17, 15) is 19.2 Å². The molecule has 1 atom stereocenters. The van der Waals surface area contributed by atoms with Crippen molar-refractivity contribution >= 4 is 35.1 Å². The number of cyclic esters (lactones) is 1. The van der Waals surface area contributed by atoms with Crippen molar-refractivity contribution in [3.05, 3.63) is 59.7 Å². The monoisotopic (exact) mass is 409 g/mol. The van der Waals surface area contributed by atoms with Gasteiger partial charge in [-0.25, -0.2) is 4.79 Å². The first-order valence-corrected chi connectivity index (χ1v) is 9.62. The molecule has 3 rings (SSSR count). The number of carbonyl (C=O) groups excluding carboxylic acids is 4. The van der Waals surface area contributed by atoms with Gasteiger partial charge in [0.1, 0.15) is 6.10 Å². The predicted octanol–water partition coefficient (Wildman–Crippen LogP) is 2.73. The molecule has 0 fully saturated rings. The second-order valence-corrected chi connectivity index (χ2v) is 6.90. The van der Waals surface area contributed by atoms with Crippen molar-refractivity contribution in [2.75, 3.05) is 23.7 Å². The average Bonchev–Trinajstić information content (AvgIpc) is 3.03. The molecule has 0 aliphatic carbocycles. The molecule has 0 saturated carbocycles. The van der Waals surface area contributed by atoms with Gasteiger partial charge in [-0.1, -0.05) is 18.2 Å². The van der Waals surface area contributed by atoms with E-state index in [1.807, 2.05) is 0 Å². The van der Waals surface area contributed by atoms with E-state index in [0.717, 1.165) is 0 Å². The zero-order chi connectivity index (χ0) is 21.7. The van der Waals surface area contributed by atoms with Gasteiger partial charge in [-0.05, 0) is 37.3 Å². The molecule has 2 aromatic rings. The molecule has 0 unspecified atom stereocenters. The number of esters is 1. The minimum atomic E-state index is -0.639. The van der Waals surface area contributed by atoms with E-state index in [1.165, 1.54) is 11.8 Å². The zero-order valence-electron chi connectivity index (χ0n) is 16.8. The Labute approximate surface area is 174 Å². The Morgan fingerprint density at radius 2 is 1.63 bits per heavy atom. The van der Waals surface area contributed by atoms with E-state index in [-0.39, 0.29) is 30.7 Å². The van der Waals surface area contributed by atoms with E-state index < -0.39 is 12.1 Å². The summed E-state index contributed by atoms with van der Waals surface area (Å²) in [6.07, 6.45) is -0.658. The number of carbonyl (C=O) groups is 4. The van der Waals surface area contributed by atoms with Gasteiger partial charge in [0.05, 0.1) is 18.5 Å². The van der Waals surface area contributed by atoms with Crippen molar-refractivity contribution in [2.24, 2.45) is 0 Å². The molecule has 1 aliphatic rings. The third kappa shape index (κ3) is 5.02. The van der Waals surface area contributed by atoms with Crippen LogP contribution in [0.2, 0.25) is 0 Å². The topological polar surface area (TPSA) is 105 Å². The predicted molar refractivity (Wildman–Crippen MR) is 111 cm³/mol. The fourth-order valence-electron chi connectivity index (χ4n) is 3.25. The number of likely N-dealkylation sites (N-methyl/N-ethyl adjacent to an activating group) is 1. The molecular formula is C22H23N3O5. The lowest BCUT2D eigenvalue weighted by molar-refractivity contribution is -0.136. The summed E-state index contributed by atoms with van der Waals surface area (Å²) in [6.45, 7) is 3.42. The number of fused-ring (bicyclic) bond motifs is 1. The summed E-state index contributed by atoms with van der Waals surface area (Å²) in [5, 5.41) is 5.37. The Balaban J connectivity index is 1.57. The minimum absolute atomic E-state index is 0.0186. The van der Waals surface area contributed by atoms with E-state index in [4.69, 9.17) is 4.74 Å². The average molecular weight is 409 g/mol. The van der Waals surface area contributed by atoms with Crippen LogP contribution in [0.4, 0.5) is 11.4 Å². The minimum Gasteiger partial charge on any atom is -0.453 e. The maximum Gasteiger partial charge on any atom is 0.339 e. The molecule has 8 nitrogen and oxygen atoms in total. The molecule has 0 spiro atoms. The highest BCUT2D eigenvalue weighted by atomic mass is 16.5. The van der Waals surface area contributed by atoms with Gasteiger partial charge in [0.2, 0.25) is 17.7 Å². The summed E-state index contributed by atoms with van der Waals surface area (Å²) in [7, 11) is 0. The van der Waals surface area contributed by atoms with Crippen LogP contribution in [0.1, 0.15) is 42.3 Å². The van der Waals surface area contributed by atoms with E-state index in [0.29, 0.717) is 29.0 Å². The van der Waals surface area contributed by atoms with Gasteiger partial charge in [-0.2, -0.15) is 0 Å². The van der Waals surface area contributed by atoms with Gasteiger partial charge < -0.3 is 20.3 Å². The number of ether oxygens (including phenoxy) is 1. The third-order valence-corrected chi connectivity index (χ3v) is 4.69. The van der Waals surface area contributed by atoms with Crippen LogP contribution in [0, 0.1) is 0 Å². The molecule has 8 heteroatoms. The lowest BCUT2D eigenvalue weighted by Gasteiger charge is -2.22. The number of amides is 3. The van der Waals surface area contributed by atoms with Crippen LogP contribution in [0.3, 0.4) is 0 Å². The Morgan fingerprint density at radius 3 is 2.27 bits per heavy atom. The summed E-state index contributed by atoms with van der Waals surface area (Å²) in [5.41, 5.74) is 2.34. The van der Waals surface area contributed by atoms with E-state index >= 15 is 0 Å². The lowest BCUT2D eigenvalue weighted by atomic mass is 10.0. The van der Waals surface area contributed by atoms with Crippen LogP contribution in [0.15, 0.2) is 48.5 Å². The molecule has 0 radical (unpaired) electrons. The summed E-state index contributed by atoms with van der Waals surface area (Å²) in [5.74, 6) is -1.24. The summed E-state index contributed by atoms with van der Waals surface area (Å²) >= 11 is 0. The van der Waals surface area contributed by atoms with Crippen LogP contribution in [0.5, 0.6) is 0 Å². The molecule has 1 aliphatic heterocycles. The third-order valence-electron chi connectivity index (χ3n) is 4.69. The quantitative estimate of drug-likeness (QED) is 0.684. The van der Waals surface area contributed by atoms with Crippen molar-refractivity contribution in [1.82, 2.24) is 4.90 Å². The highest BCUT2D eigenvalue weighted by Gasteiger charge is 2.33. The number of rotatable bonds is 7. The number of benzene rings is 2. The van der Waals surface area contributed by atoms with Crippen LogP contribution in [-0.4, -0.2) is 41.7 Å². The Morgan fingerprint density at radius 1 is 1.00 bits per heavy atom. The summed E-state index contributed by atoms with van der Waals surface area (Å²) in [6, 6.07) is 13.6. The largest absolute Gasteiger partial charge is 0.453 e. The fourth-order valence-corrected chi connectivity index (χ4v) is 3.25. The van der Waals surface area contributed by atoms with Gasteiger partial charge in [0.15, 0.2) is 0 Å². The van der Waals surface area contributed by atoms with Crippen molar-refractivity contribution in [3.8, 4) is 0 Å². The van der Waals surface area contributed by atoms with E-state index in [2.05, 4.69) is 10.6 Å². The highest BCUT2D eigenvalue weighted by molar-refractivity contribution is 5.96. The van der Waals surface area contributed by atoms with Crippen LogP contribution >= 0.6 is 0 Å². The normalized spacial score (nSPS) is 14.5. The van der Waals surface area contributed by atoms with Crippen molar-refractivity contribution in [2.45, 2.75) is 26.4 Å². The maximum absolute atomic E-state index is 12.7. The standard InChI is InChI=1S/C22H23N3O5/c1-3-25(13-20(27)24-16-10-8-15(9-11-16)23-14(2)26)21(28)12-19-17-6-4-5-7-18(17)22(29)30-19/h4-11,19H,3,12-13H2,1-2H3,(H,23,26)(H,24,27)/t19-/m1/s1. The highest BCUT2D eigenvalue weighted by Crippen LogP contribution is 2.33. The van der Waals surface area contributed by atoms with Gasteiger partial charge in [0.25, 0.3) is 0 Å². The first-order chi connectivity index (χ1) is 14.4. The molecule has 156 valence electrons. The second kappa shape index (κ2) is 9.21. The molecule has 2 aromatic carbocycles. The summed E-state index contributed by atoms with van der Waals surface area (Å²) in [4.78, 5) is 49.5. The van der Waals surface area contributed by atoms with Crippen molar-refractivity contribution in [3.63, 3.8) is 0 Å². The first-order valence-electron chi connectivity index (χ1n) is 9.62. The number of hydrogen-bond acceptors (Lipinski definition) is 5. The molecule has 30 heavy (non-hydrogen) atoms. The molecular weight excluding hydrogens is 386 g/mol. The Bertz CT molecular complexity index is 971. The molecule has 0 aromatic heterocycles.